The molecule has 1 fully saturated rings. The topological polar surface area (TPSA) is 35.5 Å². The van der Waals surface area contributed by atoms with Crippen LogP contribution in [-0.2, 0) is 0 Å². The van der Waals surface area contributed by atoms with Crippen molar-refractivity contribution in [2.24, 2.45) is 5.92 Å². The minimum Gasteiger partial charge on any atom is -0.396 e. The molecule has 0 aromatic heterocycles. The molecule has 0 spiro atoms. The Balaban J connectivity index is 1.90. The smallest absolute Gasteiger partial charge is 0.288 e. The standard InChI is InChI=1S/C14H18F2N2OS2/c15-13(16)21-12-5-3-11(4-6-12)17-14(20)18-7-1-2-10(8-18)9-19/h3-6,10,13,19H,1-2,7-9H2,(H,17,20)/t10-/m0/s1. The molecule has 1 heterocycles. The molecule has 0 radical (unpaired) electrons. The van der Waals surface area contributed by atoms with Crippen LogP contribution in [-0.4, -0.2) is 40.6 Å². The van der Waals surface area contributed by atoms with Crippen molar-refractivity contribution in [1.82, 2.24) is 4.90 Å². The number of rotatable bonds is 4. The minimum absolute atomic E-state index is 0.179. The summed E-state index contributed by atoms with van der Waals surface area (Å²) in [5.41, 5.74) is 0.782. The number of thioether (sulfide) groups is 1. The van der Waals surface area contributed by atoms with Gasteiger partial charge in [-0.25, -0.2) is 0 Å². The summed E-state index contributed by atoms with van der Waals surface area (Å²) in [5, 5.41) is 13.0. The fraction of sp³-hybridized carbons (Fsp3) is 0.500. The number of hydrogen-bond acceptors (Lipinski definition) is 3. The molecule has 1 aliphatic heterocycles. The molecular formula is C14H18F2N2OS2. The first-order chi connectivity index (χ1) is 10.1. The predicted octanol–water partition coefficient (Wildman–Crippen LogP) is 3.40. The van der Waals surface area contributed by atoms with Gasteiger partial charge in [0, 0.05) is 30.3 Å². The minimum atomic E-state index is -2.41. The maximum atomic E-state index is 12.2. The first kappa shape index (κ1) is 16.5. The van der Waals surface area contributed by atoms with E-state index in [-0.39, 0.29) is 12.5 Å². The van der Waals surface area contributed by atoms with E-state index >= 15 is 0 Å². The molecule has 1 saturated heterocycles. The van der Waals surface area contributed by atoms with Crippen LogP contribution in [0.15, 0.2) is 29.2 Å². The summed E-state index contributed by atoms with van der Waals surface area (Å²) in [6.45, 7) is 1.81. The molecule has 0 bridgehead atoms. The molecule has 0 saturated carbocycles. The normalized spacial score (nSPS) is 18.9. The number of aliphatic hydroxyl groups is 1. The molecule has 1 atom stereocenters. The number of thiocarbonyl (C=S) groups is 1. The quantitative estimate of drug-likeness (QED) is 0.653. The number of piperidine rings is 1. The summed E-state index contributed by atoms with van der Waals surface area (Å²) in [6.07, 6.45) is 2.03. The number of aliphatic hydroxyl groups excluding tert-OH is 1. The van der Waals surface area contributed by atoms with Gasteiger partial charge in [-0.15, -0.1) is 0 Å². The first-order valence-corrected chi connectivity index (χ1v) is 8.09. The number of benzene rings is 1. The lowest BCUT2D eigenvalue weighted by Crippen LogP contribution is -2.43. The van der Waals surface area contributed by atoms with Gasteiger partial charge in [-0.3, -0.25) is 0 Å². The molecular weight excluding hydrogens is 314 g/mol. The van der Waals surface area contributed by atoms with E-state index in [1.54, 1.807) is 24.3 Å². The fourth-order valence-corrected chi connectivity index (χ4v) is 3.10. The van der Waals surface area contributed by atoms with Crippen molar-refractivity contribution in [3.8, 4) is 0 Å². The fourth-order valence-electron chi connectivity index (χ4n) is 2.32. The molecule has 2 N–H and O–H groups in total. The van der Waals surface area contributed by atoms with Crippen LogP contribution in [0.1, 0.15) is 12.8 Å². The van der Waals surface area contributed by atoms with Crippen LogP contribution in [0.3, 0.4) is 0 Å². The summed E-state index contributed by atoms with van der Waals surface area (Å²) in [7, 11) is 0. The van der Waals surface area contributed by atoms with Gasteiger partial charge >= 0.3 is 0 Å². The summed E-state index contributed by atoms with van der Waals surface area (Å²) < 4.78 is 24.5. The van der Waals surface area contributed by atoms with Gasteiger partial charge < -0.3 is 15.3 Å². The predicted molar refractivity (Wildman–Crippen MR) is 85.9 cm³/mol. The second kappa shape index (κ2) is 7.91. The van der Waals surface area contributed by atoms with Crippen LogP contribution >= 0.6 is 24.0 Å². The third-order valence-electron chi connectivity index (χ3n) is 3.40. The number of halogens is 2. The molecule has 1 aromatic rings. The SMILES string of the molecule is OC[C@H]1CCCN(C(=S)Nc2ccc(SC(F)F)cc2)C1. The van der Waals surface area contributed by atoms with E-state index in [0.717, 1.165) is 31.6 Å². The van der Waals surface area contributed by atoms with Crippen molar-refractivity contribution in [1.29, 1.82) is 0 Å². The highest BCUT2D eigenvalue weighted by atomic mass is 32.2. The van der Waals surface area contributed by atoms with Gasteiger partial charge in [0.15, 0.2) is 5.11 Å². The van der Waals surface area contributed by atoms with Gasteiger partial charge in [0.2, 0.25) is 0 Å². The van der Waals surface area contributed by atoms with Crippen LogP contribution in [0.2, 0.25) is 0 Å². The number of nitrogens with one attached hydrogen (secondary N) is 1. The highest BCUT2D eigenvalue weighted by Gasteiger charge is 2.21. The number of likely N-dealkylation sites (tertiary alicyclic amines) is 1. The summed E-state index contributed by atoms with van der Waals surface area (Å²) >= 11 is 5.89. The van der Waals surface area contributed by atoms with Crippen molar-refractivity contribution in [3.63, 3.8) is 0 Å². The maximum absolute atomic E-state index is 12.2. The number of nitrogens with zero attached hydrogens (tertiary/aromatic N) is 1. The van der Waals surface area contributed by atoms with Crippen LogP contribution < -0.4 is 5.32 Å². The zero-order chi connectivity index (χ0) is 15.2. The van der Waals surface area contributed by atoms with E-state index in [1.165, 1.54) is 0 Å². The van der Waals surface area contributed by atoms with Crippen molar-refractivity contribution in [2.45, 2.75) is 23.5 Å². The van der Waals surface area contributed by atoms with Crippen LogP contribution in [0.5, 0.6) is 0 Å². The Morgan fingerprint density at radius 1 is 1.43 bits per heavy atom. The molecule has 1 aliphatic rings. The largest absolute Gasteiger partial charge is 0.396 e. The van der Waals surface area contributed by atoms with Crippen LogP contribution in [0, 0.1) is 5.92 Å². The Hall–Kier alpha value is -0.920. The summed E-state index contributed by atoms with van der Waals surface area (Å²) in [5.74, 6) is -2.14. The third-order valence-corrected chi connectivity index (χ3v) is 4.48. The average Bonchev–Trinajstić information content (AvgIpc) is 2.49. The Labute approximate surface area is 132 Å². The molecule has 2 rings (SSSR count). The average molecular weight is 332 g/mol. The Morgan fingerprint density at radius 2 is 2.14 bits per heavy atom. The Morgan fingerprint density at radius 3 is 2.76 bits per heavy atom. The zero-order valence-corrected chi connectivity index (χ0v) is 13.1. The van der Waals surface area contributed by atoms with Crippen molar-refractivity contribution < 1.29 is 13.9 Å². The monoisotopic (exact) mass is 332 g/mol. The van der Waals surface area contributed by atoms with Gasteiger partial charge in [0.25, 0.3) is 5.76 Å². The van der Waals surface area contributed by atoms with E-state index < -0.39 is 5.76 Å². The Kier molecular flexibility index (Phi) is 6.20. The highest BCUT2D eigenvalue weighted by molar-refractivity contribution is 7.99. The molecule has 116 valence electrons. The van der Waals surface area contributed by atoms with Crippen LogP contribution in [0.25, 0.3) is 0 Å². The number of hydrogen-bond donors (Lipinski definition) is 2. The maximum Gasteiger partial charge on any atom is 0.288 e. The van der Waals surface area contributed by atoms with Crippen molar-refractivity contribution >= 4 is 34.8 Å². The molecule has 7 heteroatoms. The molecule has 21 heavy (non-hydrogen) atoms. The summed E-state index contributed by atoms with van der Waals surface area (Å²) in [4.78, 5) is 2.57. The van der Waals surface area contributed by atoms with E-state index in [1.807, 2.05) is 4.90 Å². The van der Waals surface area contributed by atoms with Crippen molar-refractivity contribution in [3.05, 3.63) is 24.3 Å². The van der Waals surface area contributed by atoms with E-state index in [2.05, 4.69) is 5.32 Å². The van der Waals surface area contributed by atoms with Gasteiger partial charge in [0.1, 0.15) is 0 Å². The number of alkyl halides is 2. The third kappa shape index (κ3) is 5.09. The lowest BCUT2D eigenvalue weighted by Gasteiger charge is -2.33. The number of anilines is 1. The van der Waals surface area contributed by atoms with E-state index in [9.17, 15) is 13.9 Å². The lowest BCUT2D eigenvalue weighted by atomic mass is 9.99. The Bertz CT molecular complexity index is 471. The first-order valence-electron chi connectivity index (χ1n) is 6.80. The molecule has 0 amide bonds. The lowest BCUT2D eigenvalue weighted by molar-refractivity contribution is 0.162. The van der Waals surface area contributed by atoms with Gasteiger partial charge in [-0.1, -0.05) is 11.8 Å². The van der Waals surface area contributed by atoms with Gasteiger partial charge in [0.05, 0.1) is 0 Å². The molecule has 0 aliphatic carbocycles. The van der Waals surface area contributed by atoms with E-state index in [4.69, 9.17) is 12.2 Å². The van der Waals surface area contributed by atoms with Crippen molar-refractivity contribution in [2.75, 3.05) is 25.0 Å². The van der Waals surface area contributed by atoms with Gasteiger partial charge in [-0.2, -0.15) is 8.78 Å². The molecule has 0 unspecified atom stereocenters. The van der Waals surface area contributed by atoms with E-state index in [0.29, 0.717) is 21.8 Å². The summed E-state index contributed by atoms with van der Waals surface area (Å²) in [6, 6.07) is 6.78. The highest BCUT2D eigenvalue weighted by Crippen LogP contribution is 2.26. The van der Waals surface area contributed by atoms with Gasteiger partial charge in [-0.05, 0) is 55.2 Å². The zero-order valence-electron chi connectivity index (χ0n) is 11.5. The second-order valence-electron chi connectivity index (χ2n) is 4.97. The second-order valence-corrected chi connectivity index (χ2v) is 6.42. The van der Waals surface area contributed by atoms with Crippen LogP contribution in [0.4, 0.5) is 14.5 Å². The molecule has 3 nitrogen and oxygen atoms in total. The molecule has 1 aromatic carbocycles.